The van der Waals surface area contributed by atoms with E-state index < -0.39 is 17.1 Å². The van der Waals surface area contributed by atoms with E-state index in [0.29, 0.717) is 5.56 Å². The molecule has 2 N–H and O–H groups in total. The van der Waals surface area contributed by atoms with Crippen molar-refractivity contribution in [3.63, 3.8) is 0 Å². The molecule has 0 heterocycles. The second-order valence-electron chi connectivity index (χ2n) is 5.33. The number of Topliss-reactive ketones (excluding diaryl/α,β-unsaturated/α-hetero) is 1. The van der Waals surface area contributed by atoms with Crippen molar-refractivity contribution in [3.05, 3.63) is 34.9 Å². The van der Waals surface area contributed by atoms with Crippen molar-refractivity contribution in [2.75, 3.05) is 0 Å². The van der Waals surface area contributed by atoms with Crippen LogP contribution in [0, 0.1) is 16.7 Å². The third-order valence-electron chi connectivity index (χ3n) is 2.61. The van der Waals surface area contributed by atoms with Gasteiger partial charge in [-0.05, 0) is 23.8 Å². The maximum Gasteiger partial charge on any atom is 0.339 e. The Balaban J connectivity index is 3.22. The molecule has 1 rings (SSSR count). The molecule has 0 aliphatic carbocycles. The maximum atomic E-state index is 12.0. The normalized spacial score (nSPS) is 11.8. The molecule has 0 saturated carbocycles. The molecule has 1 aromatic carbocycles. The first kappa shape index (κ1) is 15.4. The highest BCUT2D eigenvalue weighted by Crippen LogP contribution is 2.24. The van der Waals surface area contributed by atoms with Crippen molar-refractivity contribution < 1.29 is 19.8 Å². The lowest BCUT2D eigenvalue weighted by atomic mass is 9.86. The number of hydrogen-bond donors (Lipinski definition) is 2. The largest absolute Gasteiger partial charge is 0.507 e. The number of phenols is 1. The average Bonchev–Trinajstić information content (AvgIpc) is 2.33. The molecule has 104 valence electrons. The zero-order chi connectivity index (χ0) is 15.5. The Kier molecular flexibility index (Phi) is 4.31. The van der Waals surface area contributed by atoms with Gasteiger partial charge in [-0.3, -0.25) is 4.79 Å². The summed E-state index contributed by atoms with van der Waals surface area (Å²) in [5.41, 5.74) is -0.575. The Bertz CT molecular complexity index is 630. The zero-order valence-electron chi connectivity index (χ0n) is 11.5. The van der Waals surface area contributed by atoms with Crippen molar-refractivity contribution in [2.24, 2.45) is 5.41 Å². The van der Waals surface area contributed by atoms with E-state index in [1.54, 1.807) is 20.8 Å². The van der Waals surface area contributed by atoms with E-state index in [2.05, 4.69) is 0 Å². The zero-order valence-corrected chi connectivity index (χ0v) is 11.5. The van der Waals surface area contributed by atoms with Gasteiger partial charge in [-0.2, -0.15) is 5.26 Å². The van der Waals surface area contributed by atoms with Crippen LogP contribution in [0.1, 0.15) is 36.7 Å². The first-order valence-corrected chi connectivity index (χ1v) is 5.89. The number of benzene rings is 1. The summed E-state index contributed by atoms with van der Waals surface area (Å²) in [6.45, 7) is 5.10. The smallest absolute Gasteiger partial charge is 0.339 e. The van der Waals surface area contributed by atoms with Crippen molar-refractivity contribution in [3.8, 4) is 11.8 Å². The number of hydrogen-bond acceptors (Lipinski definition) is 4. The number of carbonyl (C=O) groups is 2. The molecule has 0 aliphatic heterocycles. The minimum atomic E-state index is -1.25. The molecule has 0 fully saturated rings. The molecular weight excluding hydrogens is 258 g/mol. The monoisotopic (exact) mass is 273 g/mol. The van der Waals surface area contributed by atoms with E-state index >= 15 is 0 Å². The van der Waals surface area contributed by atoms with Gasteiger partial charge in [-0.1, -0.05) is 26.8 Å². The number of nitrogens with zero attached hydrogens (tertiary/aromatic N) is 1. The Morgan fingerprint density at radius 2 is 1.90 bits per heavy atom. The lowest BCUT2D eigenvalue weighted by Crippen LogP contribution is -2.21. The summed E-state index contributed by atoms with van der Waals surface area (Å²) < 4.78 is 0. The Hall–Kier alpha value is -2.61. The van der Waals surface area contributed by atoms with Gasteiger partial charge in [-0.15, -0.1) is 0 Å². The number of carbonyl (C=O) groups excluding carboxylic acids is 1. The highest BCUT2D eigenvalue weighted by Gasteiger charge is 2.25. The quantitative estimate of drug-likeness (QED) is 0.651. The summed E-state index contributed by atoms with van der Waals surface area (Å²) in [6.07, 6.45) is 1.33. The maximum absolute atomic E-state index is 12.0. The van der Waals surface area contributed by atoms with Crippen LogP contribution in [0.2, 0.25) is 0 Å². The predicted molar refractivity (Wildman–Crippen MR) is 73.1 cm³/mol. The number of carboxylic acids is 1. The predicted octanol–water partition coefficient (Wildman–Crippen LogP) is 2.61. The van der Waals surface area contributed by atoms with Crippen LogP contribution in [-0.4, -0.2) is 22.0 Å². The molecule has 0 atom stereocenters. The molecule has 0 radical (unpaired) electrons. The van der Waals surface area contributed by atoms with Crippen LogP contribution in [0.25, 0.3) is 6.08 Å². The molecule has 0 aliphatic rings. The fourth-order valence-corrected chi connectivity index (χ4v) is 1.54. The number of carboxylic acid groups (broad SMARTS) is 1. The minimum absolute atomic E-state index is 0.0417. The highest BCUT2D eigenvalue weighted by atomic mass is 16.4. The molecule has 0 bridgehead atoms. The van der Waals surface area contributed by atoms with Gasteiger partial charge < -0.3 is 10.2 Å². The second kappa shape index (κ2) is 5.57. The Morgan fingerprint density at radius 1 is 1.30 bits per heavy atom. The number of rotatable bonds is 3. The van der Waals surface area contributed by atoms with Gasteiger partial charge in [0.2, 0.25) is 0 Å². The molecular formula is C15H15NO4. The summed E-state index contributed by atoms with van der Waals surface area (Å²) in [5, 5.41) is 27.4. The van der Waals surface area contributed by atoms with Gasteiger partial charge in [-0.25, -0.2) is 4.79 Å². The molecule has 1 aromatic rings. The van der Waals surface area contributed by atoms with Crippen molar-refractivity contribution in [2.45, 2.75) is 20.8 Å². The van der Waals surface area contributed by atoms with Crippen LogP contribution < -0.4 is 0 Å². The third kappa shape index (κ3) is 3.45. The van der Waals surface area contributed by atoms with Gasteiger partial charge in [0.15, 0.2) is 5.78 Å². The van der Waals surface area contributed by atoms with E-state index in [4.69, 9.17) is 10.4 Å². The second-order valence-corrected chi connectivity index (χ2v) is 5.33. The fourth-order valence-electron chi connectivity index (χ4n) is 1.54. The van der Waals surface area contributed by atoms with E-state index in [0.717, 1.165) is 0 Å². The topological polar surface area (TPSA) is 98.4 Å². The van der Waals surface area contributed by atoms with Crippen LogP contribution >= 0.6 is 0 Å². The van der Waals surface area contributed by atoms with Gasteiger partial charge in [0.05, 0.1) is 5.57 Å². The van der Waals surface area contributed by atoms with Gasteiger partial charge >= 0.3 is 5.97 Å². The molecule has 20 heavy (non-hydrogen) atoms. The summed E-state index contributed by atoms with van der Waals surface area (Å²) in [4.78, 5) is 22.8. The molecule has 5 nitrogen and oxygen atoms in total. The summed E-state index contributed by atoms with van der Waals surface area (Å²) in [5.74, 6) is -1.97. The fraction of sp³-hybridized carbons (Fsp3) is 0.267. The van der Waals surface area contributed by atoms with Crippen LogP contribution in [-0.2, 0) is 4.79 Å². The number of allylic oxidation sites excluding steroid dienone is 1. The van der Waals surface area contributed by atoms with Crippen LogP contribution in [0.3, 0.4) is 0 Å². The van der Waals surface area contributed by atoms with Crippen LogP contribution in [0.15, 0.2) is 23.8 Å². The van der Waals surface area contributed by atoms with Crippen LogP contribution in [0.5, 0.6) is 5.75 Å². The van der Waals surface area contributed by atoms with Crippen molar-refractivity contribution in [1.82, 2.24) is 0 Å². The van der Waals surface area contributed by atoms with E-state index in [-0.39, 0.29) is 16.9 Å². The Morgan fingerprint density at radius 3 is 2.30 bits per heavy atom. The number of ketones is 1. The first-order valence-electron chi connectivity index (χ1n) is 5.89. The summed E-state index contributed by atoms with van der Waals surface area (Å²) >= 11 is 0. The molecule has 0 spiro atoms. The third-order valence-corrected chi connectivity index (χ3v) is 2.61. The van der Waals surface area contributed by atoms with E-state index in [1.807, 2.05) is 6.07 Å². The van der Waals surface area contributed by atoms with Gasteiger partial charge in [0.1, 0.15) is 17.4 Å². The summed E-state index contributed by atoms with van der Waals surface area (Å²) in [6, 6.07) is 5.68. The molecule has 0 amide bonds. The number of nitriles is 1. The molecule has 0 unspecified atom stereocenters. The lowest BCUT2D eigenvalue weighted by molar-refractivity contribution is -0.121. The van der Waals surface area contributed by atoms with Crippen LogP contribution in [0.4, 0.5) is 0 Å². The summed E-state index contributed by atoms with van der Waals surface area (Å²) in [7, 11) is 0. The van der Waals surface area contributed by atoms with E-state index in [1.165, 1.54) is 24.3 Å². The lowest BCUT2D eigenvalue weighted by Gasteiger charge is -2.15. The first-order chi connectivity index (χ1) is 9.16. The SMILES string of the molecule is CC(C)(C)C(=O)/C(C#N)=C\c1ccc(C(=O)O)c(O)c1. The molecule has 0 aromatic heterocycles. The molecule has 0 saturated heterocycles. The van der Waals surface area contributed by atoms with E-state index in [9.17, 15) is 14.7 Å². The van der Waals surface area contributed by atoms with Gasteiger partial charge in [0, 0.05) is 5.41 Å². The Labute approximate surface area is 116 Å². The minimum Gasteiger partial charge on any atom is -0.507 e. The molecule has 5 heteroatoms. The number of aromatic carboxylic acids is 1. The van der Waals surface area contributed by atoms with Gasteiger partial charge in [0.25, 0.3) is 0 Å². The highest BCUT2D eigenvalue weighted by molar-refractivity contribution is 6.06. The van der Waals surface area contributed by atoms with Crippen molar-refractivity contribution in [1.29, 1.82) is 5.26 Å². The number of aromatic hydroxyl groups is 1. The van der Waals surface area contributed by atoms with Crippen molar-refractivity contribution >= 4 is 17.8 Å². The standard InChI is InChI=1S/C15H15NO4/c1-15(2,3)13(18)10(8-16)6-9-4-5-11(14(19)20)12(17)7-9/h4-7,17H,1-3H3,(H,19,20)/b10-6-. The average molecular weight is 273 g/mol.